The predicted octanol–water partition coefficient (Wildman–Crippen LogP) is 2.96. The van der Waals surface area contributed by atoms with Gasteiger partial charge >= 0.3 is 0 Å². The molecule has 1 amide bonds. The van der Waals surface area contributed by atoms with Crippen molar-refractivity contribution < 1.29 is 22.4 Å². The molecule has 2 fully saturated rings. The quantitative estimate of drug-likeness (QED) is 0.590. The van der Waals surface area contributed by atoms with Crippen molar-refractivity contribution in [3.8, 4) is 5.75 Å². The number of ether oxygens (including phenoxy) is 1. The van der Waals surface area contributed by atoms with Gasteiger partial charge in [0, 0.05) is 43.2 Å². The first-order chi connectivity index (χ1) is 15.5. The van der Waals surface area contributed by atoms with Gasteiger partial charge in [0.2, 0.25) is 0 Å². The van der Waals surface area contributed by atoms with Crippen molar-refractivity contribution in [3.63, 3.8) is 0 Å². The van der Waals surface area contributed by atoms with Gasteiger partial charge in [-0.25, -0.2) is 8.42 Å². The number of fused-ring (bicyclic) bond motifs is 1. The highest BCUT2D eigenvalue weighted by Crippen LogP contribution is 2.29. The lowest BCUT2D eigenvalue weighted by Gasteiger charge is -2.37. The Morgan fingerprint density at radius 2 is 1.72 bits per heavy atom. The van der Waals surface area contributed by atoms with Gasteiger partial charge in [-0.3, -0.25) is 9.69 Å². The molecule has 0 spiro atoms. The lowest BCUT2D eigenvalue weighted by molar-refractivity contribution is 0.0557. The molecule has 2 aliphatic rings. The van der Waals surface area contributed by atoms with Crippen LogP contribution in [0.25, 0.3) is 11.0 Å². The molecular weight excluding hydrogens is 428 g/mol. The van der Waals surface area contributed by atoms with Crippen LogP contribution in [0.15, 0.2) is 59.0 Å². The third kappa shape index (κ3) is 4.25. The fourth-order valence-electron chi connectivity index (χ4n) is 4.58. The summed E-state index contributed by atoms with van der Waals surface area (Å²) in [5.41, 5.74) is 1.41. The third-order valence-electron chi connectivity index (χ3n) is 6.35. The number of benzene rings is 2. The van der Waals surface area contributed by atoms with E-state index < -0.39 is 9.84 Å². The molecule has 8 heteroatoms. The molecule has 2 aliphatic heterocycles. The molecule has 1 aromatic heterocycles. The number of carbonyl (C=O) groups is 1. The summed E-state index contributed by atoms with van der Waals surface area (Å²) in [7, 11) is -2.92. The Morgan fingerprint density at radius 1 is 1.00 bits per heavy atom. The second-order valence-electron chi connectivity index (χ2n) is 8.39. The standard InChI is InChI=1S/C24H26N2O5S/c27-24(26-13-11-25(12-14-26)18-10-15-32(28,29)17-18)23-21(16-30-19-6-2-1-3-7-19)20-8-4-5-9-22(20)31-23/h1-9,18H,10-17H2/t18-/m1/s1. The summed E-state index contributed by atoms with van der Waals surface area (Å²) in [4.78, 5) is 17.4. The number of nitrogens with zero attached hydrogens (tertiary/aromatic N) is 2. The summed E-state index contributed by atoms with van der Waals surface area (Å²) in [5.74, 6) is 1.40. The number of furan rings is 1. The minimum Gasteiger partial charge on any atom is -0.489 e. The number of carbonyl (C=O) groups excluding carboxylic acids is 1. The minimum atomic E-state index is -2.92. The van der Waals surface area contributed by atoms with E-state index in [1.54, 1.807) is 4.90 Å². The van der Waals surface area contributed by atoms with Crippen molar-refractivity contribution >= 4 is 26.7 Å². The second kappa shape index (κ2) is 8.60. The van der Waals surface area contributed by atoms with Gasteiger partial charge in [-0.05, 0) is 24.6 Å². The Labute approximate surface area is 187 Å². The fraction of sp³-hybridized carbons (Fsp3) is 0.375. The van der Waals surface area contributed by atoms with Crippen molar-refractivity contribution in [2.45, 2.75) is 19.1 Å². The van der Waals surface area contributed by atoms with Crippen LogP contribution in [0.3, 0.4) is 0 Å². The molecule has 0 unspecified atom stereocenters. The molecule has 32 heavy (non-hydrogen) atoms. The zero-order valence-electron chi connectivity index (χ0n) is 17.8. The zero-order chi connectivity index (χ0) is 22.1. The molecule has 0 aliphatic carbocycles. The van der Waals surface area contributed by atoms with E-state index in [4.69, 9.17) is 9.15 Å². The molecule has 2 aromatic carbocycles. The van der Waals surface area contributed by atoms with Gasteiger partial charge in [-0.2, -0.15) is 0 Å². The van der Waals surface area contributed by atoms with Gasteiger partial charge < -0.3 is 14.1 Å². The van der Waals surface area contributed by atoms with E-state index in [-0.39, 0.29) is 30.1 Å². The summed E-state index contributed by atoms with van der Waals surface area (Å²) < 4.78 is 35.6. The van der Waals surface area contributed by atoms with Crippen molar-refractivity contribution in [3.05, 3.63) is 65.9 Å². The molecular formula is C24H26N2O5S. The fourth-order valence-corrected chi connectivity index (χ4v) is 6.35. The Bertz CT molecular complexity index is 1210. The number of para-hydroxylation sites is 2. The van der Waals surface area contributed by atoms with Crippen molar-refractivity contribution in [1.82, 2.24) is 9.80 Å². The number of hydrogen-bond donors (Lipinski definition) is 0. The molecule has 7 nitrogen and oxygen atoms in total. The highest BCUT2D eigenvalue weighted by Gasteiger charge is 2.35. The molecule has 0 N–H and O–H groups in total. The second-order valence-corrected chi connectivity index (χ2v) is 10.6. The van der Waals surface area contributed by atoms with Crippen molar-refractivity contribution in [1.29, 1.82) is 0 Å². The van der Waals surface area contributed by atoms with Gasteiger partial charge in [0.15, 0.2) is 15.6 Å². The monoisotopic (exact) mass is 454 g/mol. The van der Waals surface area contributed by atoms with Crippen molar-refractivity contribution in [2.75, 3.05) is 37.7 Å². The molecule has 3 aromatic rings. The van der Waals surface area contributed by atoms with Crippen LogP contribution in [0.1, 0.15) is 22.5 Å². The Hall–Kier alpha value is -2.84. The van der Waals surface area contributed by atoms with Gasteiger partial charge in [0.1, 0.15) is 17.9 Å². The smallest absolute Gasteiger partial charge is 0.290 e. The van der Waals surface area contributed by atoms with Crippen LogP contribution in [0.4, 0.5) is 0 Å². The van der Waals surface area contributed by atoms with Gasteiger partial charge in [-0.1, -0.05) is 36.4 Å². The van der Waals surface area contributed by atoms with Crippen LogP contribution >= 0.6 is 0 Å². The van der Waals surface area contributed by atoms with E-state index in [1.165, 1.54) is 0 Å². The van der Waals surface area contributed by atoms with Gasteiger partial charge in [0.05, 0.1) is 11.5 Å². The number of hydrogen-bond acceptors (Lipinski definition) is 6. The lowest BCUT2D eigenvalue weighted by atomic mass is 10.1. The van der Waals surface area contributed by atoms with Crippen LogP contribution in [0, 0.1) is 0 Å². The maximum atomic E-state index is 13.4. The average molecular weight is 455 g/mol. The lowest BCUT2D eigenvalue weighted by Crippen LogP contribution is -2.52. The van der Waals surface area contributed by atoms with E-state index in [9.17, 15) is 13.2 Å². The first kappa shape index (κ1) is 21.0. The Kier molecular flexibility index (Phi) is 5.65. The van der Waals surface area contributed by atoms with E-state index in [2.05, 4.69) is 4.90 Å². The van der Waals surface area contributed by atoms with Crippen molar-refractivity contribution in [2.24, 2.45) is 0 Å². The minimum absolute atomic E-state index is 0.0679. The van der Waals surface area contributed by atoms with Crippen LogP contribution in [0.2, 0.25) is 0 Å². The molecule has 0 bridgehead atoms. The highest BCUT2D eigenvalue weighted by molar-refractivity contribution is 7.91. The molecule has 1 atom stereocenters. The number of piperazine rings is 1. The van der Waals surface area contributed by atoms with E-state index in [0.717, 1.165) is 16.7 Å². The number of amides is 1. The summed E-state index contributed by atoms with van der Waals surface area (Å²) in [6.45, 7) is 2.67. The molecule has 0 radical (unpaired) electrons. The first-order valence-corrected chi connectivity index (χ1v) is 12.7. The van der Waals surface area contributed by atoms with E-state index >= 15 is 0 Å². The Balaban J connectivity index is 1.32. The normalized spacial score (nSPS) is 21.1. The highest BCUT2D eigenvalue weighted by atomic mass is 32.2. The molecule has 5 rings (SSSR count). The van der Waals surface area contributed by atoms with Crippen LogP contribution in [0.5, 0.6) is 5.75 Å². The van der Waals surface area contributed by atoms with Crippen LogP contribution in [-0.2, 0) is 16.4 Å². The largest absolute Gasteiger partial charge is 0.489 e. The Morgan fingerprint density at radius 3 is 2.44 bits per heavy atom. The molecule has 2 saturated heterocycles. The van der Waals surface area contributed by atoms with Crippen LogP contribution in [-0.4, -0.2) is 67.9 Å². The first-order valence-electron chi connectivity index (χ1n) is 10.9. The summed E-state index contributed by atoms with van der Waals surface area (Å²) in [6, 6.07) is 17.2. The molecule has 168 valence electrons. The molecule has 0 saturated carbocycles. The summed E-state index contributed by atoms with van der Waals surface area (Å²) in [6.07, 6.45) is 0.681. The number of sulfone groups is 1. The average Bonchev–Trinajstić information content (AvgIpc) is 3.37. The summed E-state index contributed by atoms with van der Waals surface area (Å²) in [5, 5.41) is 0.876. The SMILES string of the molecule is O=C(c1oc2ccccc2c1COc1ccccc1)N1CCN([C@@H]2CCS(=O)(=O)C2)CC1. The maximum Gasteiger partial charge on any atom is 0.290 e. The van der Waals surface area contributed by atoms with Gasteiger partial charge in [-0.15, -0.1) is 0 Å². The zero-order valence-corrected chi connectivity index (χ0v) is 18.6. The van der Waals surface area contributed by atoms with E-state index in [0.29, 0.717) is 43.9 Å². The third-order valence-corrected chi connectivity index (χ3v) is 8.10. The topological polar surface area (TPSA) is 80.1 Å². The maximum absolute atomic E-state index is 13.4. The van der Waals surface area contributed by atoms with Crippen LogP contribution < -0.4 is 4.74 Å². The predicted molar refractivity (Wildman–Crippen MR) is 122 cm³/mol. The number of rotatable bonds is 5. The van der Waals surface area contributed by atoms with Gasteiger partial charge in [0.25, 0.3) is 5.91 Å². The summed E-state index contributed by atoms with van der Waals surface area (Å²) >= 11 is 0. The van der Waals surface area contributed by atoms with E-state index in [1.807, 2.05) is 54.6 Å². The molecule has 3 heterocycles.